The third-order valence-corrected chi connectivity index (χ3v) is 8.00. The van der Waals surface area contributed by atoms with E-state index in [9.17, 15) is 14.0 Å². The summed E-state index contributed by atoms with van der Waals surface area (Å²) in [6.07, 6.45) is 1.60. The second kappa shape index (κ2) is 10.7. The number of nitrogens with zero attached hydrogens (tertiary/aromatic N) is 7. The maximum Gasteiger partial charge on any atom is 0.313 e. The quantitative estimate of drug-likeness (QED) is 0.242. The number of hydrogen-bond acceptors (Lipinski definition) is 9. The van der Waals surface area contributed by atoms with Crippen molar-refractivity contribution in [2.75, 3.05) is 17.7 Å². The summed E-state index contributed by atoms with van der Waals surface area (Å²) >= 11 is 6.30. The van der Waals surface area contributed by atoms with Gasteiger partial charge in [-0.25, -0.2) is 14.4 Å². The maximum absolute atomic E-state index is 14.5. The van der Waals surface area contributed by atoms with Gasteiger partial charge in [0.15, 0.2) is 5.82 Å². The number of ether oxygens (including phenoxy) is 1. The SMILES string of the molecule is CCOC(=O)C(C)(C)Cn1cc(C2(C)C(=O)Nc3nc(-c4nn(Cc5ccccc5F)c5cc(Cl)ccc45)nc(N)c32)nn1. The van der Waals surface area contributed by atoms with Crippen LogP contribution in [0.2, 0.25) is 5.02 Å². The number of carbonyl (C=O) groups excluding carboxylic acids is 2. The first-order valence-corrected chi connectivity index (χ1v) is 14.3. The summed E-state index contributed by atoms with van der Waals surface area (Å²) in [5, 5.41) is 17.1. The topological polar surface area (TPSA) is 156 Å². The van der Waals surface area contributed by atoms with Crippen LogP contribution in [0.15, 0.2) is 48.7 Å². The summed E-state index contributed by atoms with van der Waals surface area (Å²) in [4.78, 5) is 35.1. The number of nitrogens with one attached hydrogen (secondary N) is 1. The lowest BCUT2D eigenvalue weighted by molar-refractivity contribution is -0.154. The van der Waals surface area contributed by atoms with Crippen molar-refractivity contribution in [3.63, 3.8) is 0 Å². The van der Waals surface area contributed by atoms with Gasteiger partial charge in [-0.3, -0.25) is 19.0 Å². The highest BCUT2D eigenvalue weighted by Gasteiger charge is 2.50. The van der Waals surface area contributed by atoms with E-state index in [0.29, 0.717) is 38.4 Å². The van der Waals surface area contributed by atoms with Gasteiger partial charge in [0.2, 0.25) is 5.91 Å². The molecule has 0 bridgehead atoms. The molecule has 0 radical (unpaired) electrons. The highest BCUT2D eigenvalue weighted by atomic mass is 35.5. The number of nitrogen functional groups attached to an aromatic ring is 1. The van der Waals surface area contributed by atoms with Crippen molar-refractivity contribution in [2.45, 2.75) is 46.2 Å². The molecule has 2 aromatic carbocycles. The summed E-state index contributed by atoms with van der Waals surface area (Å²) in [7, 11) is 0. The Morgan fingerprint density at radius 3 is 2.73 bits per heavy atom. The van der Waals surface area contributed by atoms with Gasteiger partial charge in [0, 0.05) is 22.2 Å². The number of nitrogens with two attached hydrogens (primary N) is 1. The minimum absolute atomic E-state index is 0.0537. The summed E-state index contributed by atoms with van der Waals surface area (Å²) < 4.78 is 22.8. The Kier molecular flexibility index (Phi) is 7.07. The van der Waals surface area contributed by atoms with E-state index in [1.165, 1.54) is 10.7 Å². The van der Waals surface area contributed by atoms with E-state index in [1.807, 2.05) is 0 Å². The minimum Gasteiger partial charge on any atom is -0.466 e. The highest BCUT2D eigenvalue weighted by Crippen LogP contribution is 2.44. The number of amides is 1. The Labute approximate surface area is 256 Å². The summed E-state index contributed by atoms with van der Waals surface area (Å²) in [6, 6.07) is 11.7. The number of benzene rings is 2. The molecule has 5 aromatic rings. The van der Waals surface area contributed by atoms with E-state index in [2.05, 4.69) is 25.6 Å². The van der Waals surface area contributed by atoms with E-state index in [1.54, 1.807) is 75.0 Å². The van der Waals surface area contributed by atoms with E-state index in [-0.39, 0.29) is 48.9 Å². The average Bonchev–Trinajstić information content (AvgIpc) is 3.65. The molecule has 14 heteroatoms. The van der Waals surface area contributed by atoms with Gasteiger partial charge in [0.05, 0.1) is 36.2 Å². The van der Waals surface area contributed by atoms with E-state index in [4.69, 9.17) is 27.2 Å². The van der Waals surface area contributed by atoms with Gasteiger partial charge in [0.25, 0.3) is 0 Å². The number of anilines is 2. The van der Waals surface area contributed by atoms with Crippen LogP contribution in [0.3, 0.4) is 0 Å². The number of fused-ring (bicyclic) bond motifs is 2. The van der Waals surface area contributed by atoms with Crippen LogP contribution >= 0.6 is 11.6 Å². The number of rotatable bonds is 8. The average molecular weight is 618 g/mol. The third-order valence-electron chi connectivity index (χ3n) is 7.76. The lowest BCUT2D eigenvalue weighted by Gasteiger charge is -2.22. The minimum atomic E-state index is -1.36. The molecule has 3 N–H and O–H groups in total. The molecule has 0 fully saturated rings. The number of esters is 1. The molecule has 44 heavy (non-hydrogen) atoms. The Morgan fingerprint density at radius 1 is 1.20 bits per heavy atom. The fraction of sp³-hybridized carbons (Fsp3) is 0.300. The van der Waals surface area contributed by atoms with Crippen molar-refractivity contribution in [3.05, 3.63) is 76.3 Å². The van der Waals surface area contributed by atoms with Crippen LogP contribution in [0.25, 0.3) is 22.4 Å². The molecule has 226 valence electrons. The zero-order valence-corrected chi connectivity index (χ0v) is 25.2. The molecule has 1 unspecified atom stereocenters. The van der Waals surface area contributed by atoms with Crippen molar-refractivity contribution < 1.29 is 18.7 Å². The van der Waals surface area contributed by atoms with Crippen LogP contribution in [0.4, 0.5) is 16.0 Å². The smallest absolute Gasteiger partial charge is 0.313 e. The molecule has 6 rings (SSSR count). The Balaban J connectivity index is 1.39. The highest BCUT2D eigenvalue weighted by molar-refractivity contribution is 6.31. The fourth-order valence-corrected chi connectivity index (χ4v) is 5.55. The van der Waals surface area contributed by atoms with Gasteiger partial charge in [-0.05, 0) is 52.0 Å². The van der Waals surface area contributed by atoms with Crippen LogP contribution in [0.5, 0.6) is 0 Å². The lowest BCUT2D eigenvalue weighted by Crippen LogP contribution is -2.33. The molecule has 0 saturated heterocycles. The molecule has 4 heterocycles. The summed E-state index contributed by atoms with van der Waals surface area (Å²) in [5.74, 6) is -0.704. The van der Waals surface area contributed by atoms with E-state index < -0.39 is 16.7 Å². The number of halogens is 2. The first-order chi connectivity index (χ1) is 20.9. The zero-order chi connectivity index (χ0) is 31.4. The third kappa shape index (κ3) is 4.82. The molecule has 1 aliphatic rings. The molecule has 12 nitrogen and oxygen atoms in total. The molecule has 0 spiro atoms. The molecular formula is C30H29ClFN9O3. The predicted octanol–water partition coefficient (Wildman–Crippen LogP) is 4.36. The van der Waals surface area contributed by atoms with Crippen LogP contribution < -0.4 is 11.1 Å². The maximum atomic E-state index is 14.5. The lowest BCUT2D eigenvalue weighted by atomic mass is 9.81. The second-order valence-electron chi connectivity index (χ2n) is 11.4. The van der Waals surface area contributed by atoms with Crippen LogP contribution in [-0.2, 0) is 32.8 Å². The Hall–Kier alpha value is -4.91. The first kappa shape index (κ1) is 29.2. The zero-order valence-electron chi connectivity index (χ0n) is 24.4. The number of aromatic nitrogens is 7. The first-order valence-electron chi connectivity index (χ1n) is 13.9. The largest absolute Gasteiger partial charge is 0.466 e. The van der Waals surface area contributed by atoms with Crippen molar-refractivity contribution in [3.8, 4) is 11.5 Å². The summed E-state index contributed by atoms with van der Waals surface area (Å²) in [5.41, 5.74) is 6.42. The number of carbonyl (C=O) groups is 2. The predicted molar refractivity (Wildman–Crippen MR) is 161 cm³/mol. The Morgan fingerprint density at radius 2 is 1.98 bits per heavy atom. The van der Waals surface area contributed by atoms with Crippen LogP contribution in [-0.4, -0.2) is 53.2 Å². The second-order valence-corrected chi connectivity index (χ2v) is 11.8. The molecule has 0 saturated carbocycles. The number of hydrogen-bond donors (Lipinski definition) is 2. The van der Waals surface area contributed by atoms with Crippen molar-refractivity contribution >= 4 is 46.0 Å². The van der Waals surface area contributed by atoms with Gasteiger partial charge in [0.1, 0.15) is 34.3 Å². The normalized spacial score (nSPS) is 16.3. The van der Waals surface area contributed by atoms with Crippen LogP contribution in [0.1, 0.15) is 44.5 Å². The van der Waals surface area contributed by atoms with Gasteiger partial charge < -0.3 is 15.8 Å². The molecule has 1 atom stereocenters. The fourth-order valence-electron chi connectivity index (χ4n) is 5.38. The van der Waals surface area contributed by atoms with Gasteiger partial charge in [-0.1, -0.05) is 35.0 Å². The van der Waals surface area contributed by atoms with E-state index in [0.717, 1.165) is 0 Å². The van der Waals surface area contributed by atoms with E-state index >= 15 is 0 Å². The van der Waals surface area contributed by atoms with Gasteiger partial charge >= 0.3 is 5.97 Å². The summed E-state index contributed by atoms with van der Waals surface area (Å²) in [6.45, 7) is 7.48. The molecule has 1 aliphatic heterocycles. The molecule has 3 aromatic heterocycles. The monoisotopic (exact) mass is 617 g/mol. The van der Waals surface area contributed by atoms with Gasteiger partial charge in [-0.15, -0.1) is 5.10 Å². The Bertz CT molecular complexity index is 1950. The molecular weight excluding hydrogens is 589 g/mol. The standard InChI is InChI=1S/C30H29ClFN9O3/c1-5-44-28(43)29(2,3)15-40-14-21(37-39-40)30(4)22-24(33)34-26(35-25(22)36-27(30)42)23-18-11-10-17(31)12-20(18)41(38-23)13-16-8-6-7-9-19(16)32/h6-12,14H,5,13,15H2,1-4H3,(H3,33,34,35,36,42). The molecule has 0 aliphatic carbocycles. The van der Waals surface area contributed by atoms with Crippen LogP contribution in [0, 0.1) is 11.2 Å². The van der Waals surface area contributed by atoms with Crippen molar-refractivity contribution in [2.24, 2.45) is 5.41 Å². The van der Waals surface area contributed by atoms with Crippen molar-refractivity contribution in [1.82, 2.24) is 34.7 Å². The molecule has 1 amide bonds. The van der Waals surface area contributed by atoms with Crippen molar-refractivity contribution in [1.29, 1.82) is 0 Å². The van der Waals surface area contributed by atoms with Gasteiger partial charge in [-0.2, -0.15) is 5.10 Å².